The van der Waals surface area contributed by atoms with Crippen molar-refractivity contribution in [2.75, 3.05) is 7.05 Å². The lowest BCUT2D eigenvalue weighted by Crippen LogP contribution is -2.25. The molecule has 0 aliphatic carbocycles. The molecule has 1 aromatic heterocycles. The molecule has 0 N–H and O–H groups in total. The lowest BCUT2D eigenvalue weighted by atomic mass is 10.2. The lowest BCUT2D eigenvalue weighted by molar-refractivity contribution is 0.0752. The van der Waals surface area contributed by atoms with Crippen molar-refractivity contribution in [3.8, 4) is 0 Å². The van der Waals surface area contributed by atoms with Crippen molar-refractivity contribution in [1.82, 2.24) is 4.90 Å². The SMILES string of the molecule is CN(Cc1ccc(Br)cc1)C(=O)c1ccc(CS(=O)(=O)c2ccccc2)o1. The number of rotatable bonds is 6. The molecule has 140 valence electrons. The monoisotopic (exact) mass is 447 g/mol. The predicted octanol–water partition coefficient (Wildman–Crippen LogP) is 4.29. The molecule has 0 aliphatic rings. The van der Waals surface area contributed by atoms with E-state index in [1.165, 1.54) is 29.2 Å². The molecule has 0 aliphatic heterocycles. The molecule has 3 rings (SSSR count). The molecular weight excluding hydrogens is 430 g/mol. The van der Waals surface area contributed by atoms with E-state index in [4.69, 9.17) is 4.42 Å². The summed E-state index contributed by atoms with van der Waals surface area (Å²) in [5.74, 6) is -0.242. The van der Waals surface area contributed by atoms with Gasteiger partial charge in [0.15, 0.2) is 15.6 Å². The van der Waals surface area contributed by atoms with Crippen molar-refractivity contribution in [2.24, 2.45) is 0 Å². The molecule has 7 heteroatoms. The van der Waals surface area contributed by atoms with Crippen LogP contribution < -0.4 is 0 Å². The van der Waals surface area contributed by atoms with E-state index in [0.29, 0.717) is 6.54 Å². The fourth-order valence-corrected chi connectivity index (χ4v) is 4.12. The predicted molar refractivity (Wildman–Crippen MR) is 106 cm³/mol. The largest absolute Gasteiger partial charge is 0.455 e. The van der Waals surface area contributed by atoms with Gasteiger partial charge in [-0.25, -0.2) is 8.42 Å². The van der Waals surface area contributed by atoms with Crippen LogP contribution in [0.15, 0.2) is 80.5 Å². The van der Waals surface area contributed by atoms with Crippen molar-refractivity contribution >= 4 is 31.7 Å². The van der Waals surface area contributed by atoms with Gasteiger partial charge in [0, 0.05) is 18.1 Å². The average molecular weight is 448 g/mol. The van der Waals surface area contributed by atoms with Gasteiger partial charge in [0.1, 0.15) is 11.5 Å². The first-order valence-electron chi connectivity index (χ1n) is 8.21. The third-order valence-electron chi connectivity index (χ3n) is 3.99. The molecule has 0 bridgehead atoms. The highest BCUT2D eigenvalue weighted by molar-refractivity contribution is 9.10. The Labute approximate surface area is 166 Å². The third-order valence-corrected chi connectivity index (χ3v) is 6.17. The Hall–Kier alpha value is -2.38. The van der Waals surface area contributed by atoms with Crippen LogP contribution in [0.4, 0.5) is 0 Å². The van der Waals surface area contributed by atoms with E-state index in [0.717, 1.165) is 10.0 Å². The van der Waals surface area contributed by atoms with Crippen LogP contribution in [0.1, 0.15) is 21.9 Å². The summed E-state index contributed by atoms with van der Waals surface area (Å²) in [5.41, 5.74) is 0.979. The van der Waals surface area contributed by atoms with E-state index >= 15 is 0 Å². The van der Waals surface area contributed by atoms with E-state index in [2.05, 4.69) is 15.9 Å². The van der Waals surface area contributed by atoms with Gasteiger partial charge in [-0.05, 0) is 42.0 Å². The number of sulfone groups is 1. The Morgan fingerprint density at radius 1 is 1.00 bits per heavy atom. The van der Waals surface area contributed by atoms with Gasteiger partial charge < -0.3 is 9.32 Å². The lowest BCUT2D eigenvalue weighted by Gasteiger charge is -2.15. The second-order valence-electron chi connectivity index (χ2n) is 6.13. The smallest absolute Gasteiger partial charge is 0.289 e. The third kappa shape index (κ3) is 4.87. The molecule has 0 radical (unpaired) electrons. The zero-order valence-electron chi connectivity index (χ0n) is 14.6. The summed E-state index contributed by atoms with van der Waals surface area (Å²) in [6.07, 6.45) is 0. The quantitative estimate of drug-likeness (QED) is 0.565. The molecule has 0 fully saturated rings. The van der Waals surface area contributed by atoms with Crippen molar-refractivity contribution in [2.45, 2.75) is 17.2 Å². The van der Waals surface area contributed by atoms with E-state index in [-0.39, 0.29) is 28.1 Å². The molecule has 0 atom stereocenters. The van der Waals surface area contributed by atoms with E-state index in [1.54, 1.807) is 25.2 Å². The molecule has 0 unspecified atom stereocenters. The number of amides is 1. The van der Waals surface area contributed by atoms with Gasteiger partial charge in [-0.2, -0.15) is 0 Å². The van der Waals surface area contributed by atoms with E-state index in [9.17, 15) is 13.2 Å². The molecular formula is C20H18BrNO4S. The van der Waals surface area contributed by atoms with Crippen LogP contribution in [0.25, 0.3) is 0 Å². The second-order valence-corrected chi connectivity index (χ2v) is 9.03. The molecule has 5 nitrogen and oxygen atoms in total. The Balaban J connectivity index is 1.69. The summed E-state index contributed by atoms with van der Waals surface area (Å²) in [7, 11) is -1.85. The highest BCUT2D eigenvalue weighted by Crippen LogP contribution is 2.19. The first-order chi connectivity index (χ1) is 12.8. The van der Waals surface area contributed by atoms with Gasteiger partial charge in [-0.15, -0.1) is 0 Å². The number of benzene rings is 2. The van der Waals surface area contributed by atoms with Crippen LogP contribution in [0.3, 0.4) is 0 Å². The standard InChI is InChI=1S/C20H18BrNO4S/c1-22(13-15-7-9-16(21)10-8-15)20(23)19-12-11-17(26-19)14-27(24,25)18-5-3-2-4-6-18/h2-12H,13-14H2,1H3. The van der Waals surface area contributed by atoms with Crippen LogP contribution in [-0.2, 0) is 22.1 Å². The number of nitrogens with zero attached hydrogens (tertiary/aromatic N) is 1. The summed E-state index contributed by atoms with van der Waals surface area (Å²) < 4.78 is 31.3. The molecule has 3 aromatic rings. The van der Waals surface area contributed by atoms with E-state index < -0.39 is 9.84 Å². The number of hydrogen-bond acceptors (Lipinski definition) is 4. The van der Waals surface area contributed by atoms with Crippen molar-refractivity contribution in [3.05, 3.63) is 88.3 Å². The van der Waals surface area contributed by atoms with Crippen molar-refractivity contribution in [3.63, 3.8) is 0 Å². The number of carbonyl (C=O) groups is 1. The maximum atomic E-state index is 12.5. The van der Waals surface area contributed by atoms with Crippen LogP contribution in [-0.4, -0.2) is 26.3 Å². The minimum atomic E-state index is -3.52. The average Bonchev–Trinajstić information content (AvgIpc) is 3.11. The molecule has 0 saturated heterocycles. The fraction of sp³-hybridized carbons (Fsp3) is 0.150. The summed E-state index contributed by atoms with van der Waals surface area (Å²) in [6, 6.07) is 18.9. The summed E-state index contributed by atoms with van der Waals surface area (Å²) in [4.78, 5) is 14.3. The Kier molecular flexibility index (Phi) is 5.82. The first kappa shape index (κ1) is 19.4. The van der Waals surface area contributed by atoms with Crippen LogP contribution in [0.2, 0.25) is 0 Å². The van der Waals surface area contributed by atoms with Crippen LogP contribution in [0.5, 0.6) is 0 Å². The Morgan fingerprint density at radius 3 is 2.33 bits per heavy atom. The van der Waals surface area contributed by atoms with Crippen LogP contribution in [0, 0.1) is 0 Å². The minimum Gasteiger partial charge on any atom is -0.455 e. The molecule has 1 heterocycles. The molecule has 2 aromatic carbocycles. The van der Waals surface area contributed by atoms with Crippen molar-refractivity contribution in [1.29, 1.82) is 0 Å². The van der Waals surface area contributed by atoms with E-state index in [1.807, 2.05) is 24.3 Å². The van der Waals surface area contributed by atoms with Gasteiger partial charge in [0.25, 0.3) is 5.91 Å². The maximum absolute atomic E-state index is 12.5. The summed E-state index contributed by atoms with van der Waals surface area (Å²) in [5, 5.41) is 0. The molecule has 0 saturated carbocycles. The topological polar surface area (TPSA) is 67.6 Å². The summed E-state index contributed by atoms with van der Waals surface area (Å²) in [6.45, 7) is 0.421. The molecule has 27 heavy (non-hydrogen) atoms. The van der Waals surface area contributed by atoms with Gasteiger partial charge in [0.2, 0.25) is 0 Å². The maximum Gasteiger partial charge on any atom is 0.289 e. The molecule has 0 spiro atoms. The summed E-state index contributed by atoms with van der Waals surface area (Å²) >= 11 is 3.38. The number of halogens is 1. The number of hydrogen-bond donors (Lipinski definition) is 0. The van der Waals surface area contributed by atoms with Crippen molar-refractivity contribution < 1.29 is 17.6 Å². The first-order valence-corrected chi connectivity index (χ1v) is 10.7. The zero-order valence-corrected chi connectivity index (χ0v) is 17.0. The normalized spacial score (nSPS) is 11.3. The highest BCUT2D eigenvalue weighted by atomic mass is 79.9. The highest BCUT2D eigenvalue weighted by Gasteiger charge is 2.20. The van der Waals surface area contributed by atoms with Gasteiger partial charge in [0.05, 0.1) is 4.90 Å². The van der Waals surface area contributed by atoms with Gasteiger partial charge in [-0.3, -0.25) is 4.79 Å². The minimum absolute atomic E-state index is 0.118. The Bertz CT molecular complexity index is 1030. The van der Waals surface area contributed by atoms with Crippen LogP contribution >= 0.6 is 15.9 Å². The van der Waals surface area contributed by atoms with Gasteiger partial charge >= 0.3 is 0 Å². The number of carbonyl (C=O) groups excluding carboxylic acids is 1. The molecule has 1 amide bonds. The second kappa shape index (κ2) is 8.10. The Morgan fingerprint density at radius 2 is 1.67 bits per heavy atom. The zero-order chi connectivity index (χ0) is 19.4. The van der Waals surface area contributed by atoms with Gasteiger partial charge in [-0.1, -0.05) is 46.3 Å². The fourth-order valence-electron chi connectivity index (χ4n) is 2.59. The number of furan rings is 1.